The Balaban J connectivity index is 0.914. The third kappa shape index (κ3) is 4.24. The molecule has 2 aromatic heterocycles. The van der Waals surface area contributed by atoms with Gasteiger partial charge in [-0.1, -0.05) is 0 Å². The van der Waals surface area contributed by atoms with Crippen LogP contribution in [0.1, 0.15) is 36.8 Å². The highest BCUT2D eigenvalue weighted by Crippen LogP contribution is 2.39. The van der Waals surface area contributed by atoms with E-state index in [4.69, 9.17) is 15.2 Å². The number of nitrogens with zero attached hydrogens (tertiary/aromatic N) is 7. The lowest BCUT2D eigenvalue weighted by molar-refractivity contribution is -0.118. The zero-order valence-electron chi connectivity index (χ0n) is 22.7. The maximum atomic E-state index is 15.5. The summed E-state index contributed by atoms with van der Waals surface area (Å²) < 4.78 is 42.0. The van der Waals surface area contributed by atoms with E-state index in [1.165, 1.54) is 15.9 Å². The van der Waals surface area contributed by atoms with Crippen LogP contribution in [0.25, 0.3) is 11.0 Å². The Kier molecular flexibility index (Phi) is 5.51. The van der Waals surface area contributed by atoms with Crippen LogP contribution in [0.3, 0.4) is 0 Å². The maximum Gasteiger partial charge on any atom is 0.416 e. The Labute approximate surface area is 238 Å². The molecule has 0 unspecified atom stereocenters. The first-order valence-electron chi connectivity index (χ1n) is 14.2. The molecule has 5 heterocycles. The second-order valence-corrected chi connectivity index (χ2v) is 12.3. The number of hydrogen-bond acceptors (Lipinski definition) is 10. The average molecular weight is 582 g/mol. The standard InChI is InChI=1S/C27H29F2N9O4/c28-19-15-7-14(8-16(15)20(29)22-21(19)34-38(35-22)12-26(30)1-2-26)10-36-5-3-27(4-6-36)13-37(25(40)42-27)17-9-31-24-23(32-17)33-18(39)11-41-24/h9,14H,1-8,10-13,30H2,(H,32,33,39). The molecule has 0 atom stereocenters. The van der Waals surface area contributed by atoms with Gasteiger partial charge in [0.15, 0.2) is 40.9 Å². The SMILES string of the molecule is NC1(Cn2nc3c(F)c4c(c(F)c3n2)CC(CN2CCC3(CC2)CN(c2cnc5c(n2)NC(=O)CO5)C(=O)O3)C4)CC1. The molecule has 220 valence electrons. The van der Waals surface area contributed by atoms with E-state index in [1.807, 2.05) is 0 Å². The van der Waals surface area contributed by atoms with Gasteiger partial charge in [-0.3, -0.25) is 9.69 Å². The number of ether oxygens (including phenoxy) is 2. The monoisotopic (exact) mass is 581 g/mol. The van der Waals surface area contributed by atoms with Gasteiger partial charge in [-0.25, -0.2) is 23.5 Å². The fraction of sp³-hybridized carbons (Fsp3) is 0.556. The molecule has 13 nitrogen and oxygen atoms in total. The normalized spacial score (nSPS) is 22.7. The molecule has 3 aromatic rings. The quantitative estimate of drug-likeness (QED) is 0.454. The first-order chi connectivity index (χ1) is 20.2. The topological polar surface area (TPSA) is 154 Å². The van der Waals surface area contributed by atoms with Crippen LogP contribution in [-0.2, 0) is 28.9 Å². The minimum Gasteiger partial charge on any atom is -0.465 e. The average Bonchev–Trinajstić information content (AvgIpc) is 3.28. The third-order valence-electron chi connectivity index (χ3n) is 9.15. The summed E-state index contributed by atoms with van der Waals surface area (Å²) in [5.41, 5.74) is 5.84. The molecular formula is C27H29F2N9O4. The molecule has 0 bridgehead atoms. The van der Waals surface area contributed by atoms with Gasteiger partial charge in [0.25, 0.3) is 11.8 Å². The molecule has 2 saturated heterocycles. The van der Waals surface area contributed by atoms with Gasteiger partial charge in [-0.2, -0.15) is 15.0 Å². The molecule has 2 aliphatic carbocycles. The van der Waals surface area contributed by atoms with Crippen LogP contribution in [0.2, 0.25) is 0 Å². The van der Waals surface area contributed by atoms with Crippen LogP contribution in [0.4, 0.5) is 25.2 Å². The third-order valence-corrected chi connectivity index (χ3v) is 9.15. The molecule has 3 N–H and O–H groups in total. The Bertz CT molecular complexity index is 1600. The number of carbonyl (C=O) groups excluding carboxylic acids is 2. The van der Waals surface area contributed by atoms with Crippen LogP contribution < -0.4 is 20.7 Å². The Hall–Kier alpha value is -3.98. The number of halogens is 2. The van der Waals surface area contributed by atoms with Crippen molar-refractivity contribution in [1.29, 1.82) is 0 Å². The van der Waals surface area contributed by atoms with Crippen molar-refractivity contribution >= 4 is 34.7 Å². The number of fused-ring (bicyclic) bond motifs is 3. The van der Waals surface area contributed by atoms with Gasteiger partial charge in [0, 0.05) is 38.0 Å². The number of aromatic nitrogens is 5. The van der Waals surface area contributed by atoms with Crippen molar-refractivity contribution in [3.8, 4) is 5.88 Å². The summed E-state index contributed by atoms with van der Waals surface area (Å²) in [6.07, 6.45) is 4.71. The van der Waals surface area contributed by atoms with E-state index in [9.17, 15) is 9.59 Å². The minimum atomic E-state index is -0.667. The minimum absolute atomic E-state index is 0.0257. The second-order valence-electron chi connectivity index (χ2n) is 12.3. The summed E-state index contributed by atoms with van der Waals surface area (Å²) in [5.74, 6) is -0.595. The van der Waals surface area contributed by atoms with Gasteiger partial charge < -0.3 is 25.4 Å². The Morgan fingerprint density at radius 1 is 1.05 bits per heavy atom. The van der Waals surface area contributed by atoms with Crippen LogP contribution in [0.15, 0.2) is 6.20 Å². The summed E-state index contributed by atoms with van der Waals surface area (Å²) in [6.45, 7) is 2.56. The Morgan fingerprint density at radius 3 is 2.40 bits per heavy atom. The molecule has 1 saturated carbocycles. The number of nitrogens with one attached hydrogen (secondary N) is 1. The number of amides is 2. The van der Waals surface area contributed by atoms with Crippen molar-refractivity contribution in [3.63, 3.8) is 0 Å². The van der Waals surface area contributed by atoms with E-state index in [-0.39, 0.29) is 52.5 Å². The zero-order chi connectivity index (χ0) is 28.8. The highest BCUT2D eigenvalue weighted by molar-refractivity contribution is 5.94. The lowest BCUT2D eigenvalue weighted by atomic mass is 9.90. The highest BCUT2D eigenvalue weighted by atomic mass is 19.1. The lowest BCUT2D eigenvalue weighted by Crippen LogP contribution is -2.48. The molecule has 15 heteroatoms. The number of piperidine rings is 1. The lowest BCUT2D eigenvalue weighted by Gasteiger charge is -2.38. The fourth-order valence-electron chi connectivity index (χ4n) is 6.63. The van der Waals surface area contributed by atoms with E-state index < -0.39 is 23.3 Å². The van der Waals surface area contributed by atoms with Crippen LogP contribution in [0.5, 0.6) is 5.88 Å². The molecule has 1 spiro atoms. The van der Waals surface area contributed by atoms with Gasteiger partial charge >= 0.3 is 6.09 Å². The molecule has 3 aliphatic heterocycles. The Morgan fingerprint density at radius 2 is 1.74 bits per heavy atom. The van der Waals surface area contributed by atoms with Gasteiger partial charge in [0.2, 0.25) is 0 Å². The zero-order valence-corrected chi connectivity index (χ0v) is 22.7. The van der Waals surface area contributed by atoms with E-state index >= 15 is 8.78 Å². The number of hydrogen-bond donors (Lipinski definition) is 2. The molecule has 42 heavy (non-hydrogen) atoms. The second kappa shape index (κ2) is 9.01. The summed E-state index contributed by atoms with van der Waals surface area (Å²) in [4.78, 5) is 38.0. The summed E-state index contributed by atoms with van der Waals surface area (Å²) in [7, 11) is 0. The van der Waals surface area contributed by atoms with Gasteiger partial charge in [-0.15, -0.1) is 0 Å². The van der Waals surface area contributed by atoms with Gasteiger partial charge in [0.05, 0.1) is 19.3 Å². The van der Waals surface area contributed by atoms with Crippen molar-refractivity contribution in [3.05, 3.63) is 29.0 Å². The first kappa shape index (κ1) is 25.7. The largest absolute Gasteiger partial charge is 0.465 e. The molecule has 3 fully saturated rings. The first-order valence-corrected chi connectivity index (χ1v) is 14.2. The molecule has 1 aromatic carbocycles. The number of rotatable bonds is 5. The number of anilines is 2. The van der Waals surface area contributed by atoms with Gasteiger partial charge in [0.1, 0.15) is 5.60 Å². The smallest absolute Gasteiger partial charge is 0.416 e. The molecule has 2 amide bonds. The number of nitrogens with two attached hydrogens (primary N) is 1. The van der Waals surface area contributed by atoms with Crippen molar-refractivity contribution in [2.45, 2.75) is 56.2 Å². The predicted molar refractivity (Wildman–Crippen MR) is 143 cm³/mol. The van der Waals surface area contributed by atoms with Crippen LogP contribution in [0, 0.1) is 17.6 Å². The van der Waals surface area contributed by atoms with Crippen LogP contribution in [-0.4, -0.2) is 85.8 Å². The van der Waals surface area contributed by atoms with Crippen LogP contribution >= 0.6 is 0 Å². The molecule has 0 radical (unpaired) electrons. The number of benzene rings is 1. The van der Waals surface area contributed by atoms with E-state index in [0.717, 1.165) is 12.8 Å². The molecule has 8 rings (SSSR count). The fourth-order valence-corrected chi connectivity index (χ4v) is 6.63. The van der Waals surface area contributed by atoms with Crippen molar-refractivity contribution in [2.24, 2.45) is 11.7 Å². The number of likely N-dealkylation sites (tertiary alicyclic amines) is 1. The molecular weight excluding hydrogens is 552 g/mol. The summed E-state index contributed by atoms with van der Waals surface area (Å²) >= 11 is 0. The van der Waals surface area contributed by atoms with Crippen molar-refractivity contribution in [2.75, 3.05) is 43.0 Å². The molecule has 5 aliphatic rings. The predicted octanol–water partition coefficient (Wildman–Crippen LogP) is 1.53. The van der Waals surface area contributed by atoms with E-state index in [0.29, 0.717) is 69.5 Å². The van der Waals surface area contributed by atoms with E-state index in [1.54, 1.807) is 0 Å². The maximum absolute atomic E-state index is 15.5. The highest BCUT2D eigenvalue weighted by Gasteiger charge is 2.48. The number of carbonyl (C=O) groups is 2. The van der Waals surface area contributed by atoms with E-state index in [2.05, 4.69) is 30.4 Å². The van der Waals surface area contributed by atoms with Gasteiger partial charge in [-0.05, 0) is 42.7 Å². The van der Waals surface area contributed by atoms with Crippen molar-refractivity contribution < 1.29 is 27.8 Å². The van der Waals surface area contributed by atoms with Crippen molar-refractivity contribution in [1.82, 2.24) is 29.9 Å². The summed E-state index contributed by atoms with van der Waals surface area (Å²) in [5, 5.41) is 11.1. The summed E-state index contributed by atoms with van der Waals surface area (Å²) in [6, 6.07) is 0.